The number of aliphatic hydroxyl groups is 2. The van der Waals surface area contributed by atoms with Crippen LogP contribution in [0.2, 0.25) is 0 Å². The molecule has 0 aliphatic heterocycles. The summed E-state index contributed by atoms with van der Waals surface area (Å²) in [7, 11) is 0. The van der Waals surface area contributed by atoms with Crippen molar-refractivity contribution in [2.45, 2.75) is 82.3 Å². The maximum absolute atomic E-state index is 10.6. The summed E-state index contributed by atoms with van der Waals surface area (Å²) in [6.45, 7) is 3.40. The molecule has 32 heavy (non-hydrogen) atoms. The van der Waals surface area contributed by atoms with Crippen LogP contribution in [0.3, 0.4) is 0 Å². The van der Waals surface area contributed by atoms with E-state index in [9.17, 15) is 15.0 Å². The van der Waals surface area contributed by atoms with Crippen LogP contribution in [0.1, 0.15) is 63.0 Å². The van der Waals surface area contributed by atoms with Gasteiger partial charge in [0, 0.05) is 30.7 Å². The lowest BCUT2D eigenvalue weighted by molar-refractivity contribution is -0.137. The molecule has 0 amide bonds. The molecule has 0 heterocycles. The van der Waals surface area contributed by atoms with Crippen molar-refractivity contribution in [1.82, 2.24) is 0 Å². The summed E-state index contributed by atoms with van der Waals surface area (Å²) in [6, 6.07) is 8.22. The molecule has 0 radical (unpaired) electrons. The van der Waals surface area contributed by atoms with Crippen LogP contribution < -0.4 is 0 Å². The number of aliphatic hydroxyl groups excluding tert-OH is 2. The van der Waals surface area contributed by atoms with Gasteiger partial charge in [-0.3, -0.25) is 4.79 Å². The van der Waals surface area contributed by atoms with Gasteiger partial charge in [0.1, 0.15) is 0 Å². The third-order valence-electron chi connectivity index (χ3n) is 6.28. The third kappa shape index (κ3) is 9.62. The zero-order valence-corrected chi connectivity index (χ0v) is 19.9. The second-order valence-corrected chi connectivity index (χ2v) is 9.39. The highest BCUT2D eigenvalue weighted by Gasteiger charge is 2.39. The second-order valence-electron chi connectivity index (χ2n) is 8.83. The van der Waals surface area contributed by atoms with Crippen LogP contribution in [-0.4, -0.2) is 52.1 Å². The van der Waals surface area contributed by atoms with Crippen molar-refractivity contribution in [2.24, 2.45) is 11.8 Å². The van der Waals surface area contributed by atoms with Gasteiger partial charge >= 0.3 is 5.97 Å². The van der Waals surface area contributed by atoms with Crippen molar-refractivity contribution >= 4 is 17.6 Å². The predicted molar refractivity (Wildman–Crippen MR) is 128 cm³/mol. The summed E-state index contributed by atoms with van der Waals surface area (Å²) in [5.74, 6) is -0.620. The lowest BCUT2D eigenvalue weighted by Crippen LogP contribution is -2.19. The maximum Gasteiger partial charge on any atom is 0.303 e. The minimum Gasteiger partial charge on any atom is -0.481 e. The first-order valence-corrected chi connectivity index (χ1v) is 12.4. The van der Waals surface area contributed by atoms with Crippen molar-refractivity contribution < 1.29 is 24.9 Å². The normalized spacial score (nSPS) is 24.2. The third-order valence-corrected chi connectivity index (χ3v) is 6.78. The highest BCUT2D eigenvalue weighted by Crippen LogP contribution is 2.40. The maximum atomic E-state index is 10.6. The van der Waals surface area contributed by atoms with Crippen LogP contribution in [0.25, 0.3) is 0 Å². The Morgan fingerprint density at radius 2 is 2.00 bits per heavy atom. The minimum atomic E-state index is -0.745. The fourth-order valence-corrected chi connectivity index (χ4v) is 5.03. The first-order chi connectivity index (χ1) is 15.4. The molecule has 3 N–H and O–H groups in total. The predicted octanol–water partition coefficient (Wildman–Crippen LogP) is 4.75. The molecule has 0 saturated heterocycles. The van der Waals surface area contributed by atoms with Gasteiger partial charge < -0.3 is 20.1 Å². The number of rotatable bonds is 15. The molecule has 6 heteroatoms. The van der Waals surface area contributed by atoms with E-state index in [-0.39, 0.29) is 23.6 Å². The summed E-state index contributed by atoms with van der Waals surface area (Å²) < 4.78 is 5.42. The number of ether oxygens (including phenoxy) is 1. The molecule has 1 fully saturated rings. The van der Waals surface area contributed by atoms with Crippen LogP contribution in [0.15, 0.2) is 36.4 Å². The number of benzene rings is 1. The van der Waals surface area contributed by atoms with Gasteiger partial charge in [0.15, 0.2) is 0 Å². The quantitative estimate of drug-likeness (QED) is 0.197. The van der Waals surface area contributed by atoms with E-state index < -0.39 is 18.2 Å². The fourth-order valence-electron chi connectivity index (χ4n) is 4.56. The second kappa shape index (κ2) is 14.7. The van der Waals surface area contributed by atoms with Crippen molar-refractivity contribution in [1.29, 1.82) is 0 Å². The molecule has 1 aromatic carbocycles. The van der Waals surface area contributed by atoms with E-state index in [0.717, 1.165) is 37.7 Å². The van der Waals surface area contributed by atoms with Crippen LogP contribution in [0.4, 0.5) is 0 Å². The number of aliphatic carboxylic acids is 1. The van der Waals surface area contributed by atoms with Gasteiger partial charge in [-0.1, -0.05) is 55.7 Å². The van der Waals surface area contributed by atoms with E-state index in [1.807, 2.05) is 25.1 Å². The molecule has 0 aromatic heterocycles. The zero-order chi connectivity index (χ0) is 23.3. The first-order valence-electron chi connectivity index (χ1n) is 12.0. The summed E-state index contributed by atoms with van der Waals surface area (Å²) >= 11 is 6.52. The molecule has 5 nitrogen and oxygen atoms in total. The van der Waals surface area contributed by atoms with E-state index in [1.54, 1.807) is 6.08 Å². The SMILES string of the molecule is CCOCCc1cccc(C[C@@H](O)C=C[C@@H]2[C@@H](CCCCCCC(=O)O)[C@H](Cl)C[C@H]2O)c1. The first kappa shape index (κ1) is 26.8. The number of hydrogen-bond donors (Lipinski definition) is 3. The molecule has 2 rings (SSSR count). The van der Waals surface area contributed by atoms with E-state index in [0.29, 0.717) is 32.5 Å². The molecular formula is C26H39ClO5. The average molecular weight is 467 g/mol. The molecule has 180 valence electrons. The molecular weight excluding hydrogens is 428 g/mol. The van der Waals surface area contributed by atoms with Gasteiger partial charge in [0.25, 0.3) is 0 Å². The van der Waals surface area contributed by atoms with Gasteiger partial charge in [-0.05, 0) is 49.7 Å². The Kier molecular flexibility index (Phi) is 12.3. The van der Waals surface area contributed by atoms with Crippen molar-refractivity contribution in [3.8, 4) is 0 Å². The molecule has 5 atom stereocenters. The molecule has 0 unspecified atom stereocenters. The Balaban J connectivity index is 1.83. The number of carboxylic acids is 1. The number of halogens is 1. The van der Waals surface area contributed by atoms with E-state index in [4.69, 9.17) is 21.4 Å². The molecule has 0 spiro atoms. The van der Waals surface area contributed by atoms with Crippen molar-refractivity contribution in [2.75, 3.05) is 13.2 Å². The summed E-state index contributed by atoms with van der Waals surface area (Å²) in [4.78, 5) is 10.6. The van der Waals surface area contributed by atoms with Gasteiger partial charge in [-0.15, -0.1) is 11.6 Å². The van der Waals surface area contributed by atoms with Crippen LogP contribution in [0, 0.1) is 11.8 Å². The van der Waals surface area contributed by atoms with Crippen molar-refractivity contribution in [3.63, 3.8) is 0 Å². The number of hydrogen-bond acceptors (Lipinski definition) is 4. The van der Waals surface area contributed by atoms with E-state index in [2.05, 4.69) is 12.1 Å². The zero-order valence-electron chi connectivity index (χ0n) is 19.2. The smallest absolute Gasteiger partial charge is 0.303 e. The van der Waals surface area contributed by atoms with E-state index in [1.165, 1.54) is 5.56 Å². The standard InChI is InChI=1S/C26H39ClO5/c1-2-32-15-14-19-8-7-9-20(16-19)17-21(28)12-13-23-22(24(27)18-25(23)29)10-5-3-4-6-11-26(30)31/h7-9,12-13,16,21-25,28-29H,2-6,10-11,14-15,17-18H2,1H3,(H,30,31)/t21-,22+,23+,24+,25+/m0/s1. The Hall–Kier alpha value is -1.40. The monoisotopic (exact) mass is 466 g/mol. The Labute approximate surface area is 197 Å². The highest BCUT2D eigenvalue weighted by atomic mass is 35.5. The Bertz CT molecular complexity index is 707. The van der Waals surface area contributed by atoms with Crippen LogP contribution in [-0.2, 0) is 22.4 Å². The summed E-state index contributed by atoms with van der Waals surface area (Å²) in [6.07, 6.45) is 9.28. The number of alkyl halides is 1. The fraction of sp³-hybridized carbons (Fsp3) is 0.654. The van der Waals surface area contributed by atoms with E-state index >= 15 is 0 Å². The average Bonchev–Trinajstić information content (AvgIpc) is 3.01. The Morgan fingerprint density at radius 3 is 2.75 bits per heavy atom. The van der Waals surface area contributed by atoms with Crippen molar-refractivity contribution in [3.05, 3.63) is 47.5 Å². The number of carbonyl (C=O) groups is 1. The van der Waals surface area contributed by atoms with Gasteiger partial charge in [-0.25, -0.2) is 0 Å². The van der Waals surface area contributed by atoms with Crippen LogP contribution in [0.5, 0.6) is 0 Å². The topological polar surface area (TPSA) is 87.0 Å². The minimum absolute atomic E-state index is 0.0521. The van der Waals surface area contributed by atoms with Crippen LogP contribution >= 0.6 is 11.6 Å². The van der Waals surface area contributed by atoms with Gasteiger partial charge in [0.05, 0.1) is 18.8 Å². The lowest BCUT2D eigenvalue weighted by atomic mass is 9.88. The lowest BCUT2D eigenvalue weighted by Gasteiger charge is -2.21. The summed E-state index contributed by atoms with van der Waals surface area (Å²) in [5.41, 5.74) is 2.28. The van der Waals surface area contributed by atoms with Gasteiger partial charge in [0.2, 0.25) is 0 Å². The Morgan fingerprint density at radius 1 is 1.25 bits per heavy atom. The largest absolute Gasteiger partial charge is 0.481 e. The molecule has 1 aromatic rings. The summed E-state index contributed by atoms with van der Waals surface area (Å²) in [5, 5.41) is 29.7. The number of unbranched alkanes of at least 4 members (excludes halogenated alkanes) is 3. The molecule has 1 saturated carbocycles. The molecule has 0 bridgehead atoms. The molecule has 1 aliphatic carbocycles. The number of carboxylic acid groups (broad SMARTS) is 1. The van der Waals surface area contributed by atoms with Gasteiger partial charge in [-0.2, -0.15) is 0 Å². The highest BCUT2D eigenvalue weighted by molar-refractivity contribution is 6.21. The molecule has 1 aliphatic rings.